The normalized spacial score (nSPS) is 13.6. The Bertz CT molecular complexity index is 1340. The van der Waals surface area contributed by atoms with Crippen LogP contribution in [0.25, 0.3) is 22.4 Å². The van der Waals surface area contributed by atoms with Crippen molar-refractivity contribution in [3.63, 3.8) is 0 Å². The number of benzene rings is 1. The van der Waals surface area contributed by atoms with Gasteiger partial charge in [0.2, 0.25) is 0 Å². The molecule has 0 atom stereocenters. The highest BCUT2D eigenvalue weighted by atomic mass is 19.2. The van der Waals surface area contributed by atoms with Crippen LogP contribution < -0.4 is 0 Å². The predicted molar refractivity (Wildman–Crippen MR) is 103 cm³/mol. The number of aromatic nitrogens is 6. The Balaban J connectivity index is 1.49. The van der Waals surface area contributed by atoms with E-state index in [4.69, 9.17) is 0 Å². The van der Waals surface area contributed by atoms with Crippen LogP contribution in [0.1, 0.15) is 21.7 Å². The van der Waals surface area contributed by atoms with E-state index in [2.05, 4.69) is 20.1 Å². The van der Waals surface area contributed by atoms with Crippen molar-refractivity contribution in [2.45, 2.75) is 13.0 Å². The van der Waals surface area contributed by atoms with Gasteiger partial charge in [0.25, 0.3) is 5.91 Å². The van der Waals surface area contributed by atoms with Gasteiger partial charge in [-0.15, -0.1) is 0 Å². The molecule has 1 aromatic carbocycles. The van der Waals surface area contributed by atoms with Crippen LogP contribution in [0.3, 0.4) is 0 Å². The molecular weight excluding hydrogens is 411 g/mol. The average Bonchev–Trinajstić information content (AvgIpc) is 3.29. The molecule has 0 saturated carbocycles. The first-order valence-corrected chi connectivity index (χ1v) is 9.46. The summed E-state index contributed by atoms with van der Waals surface area (Å²) < 4.78 is 44.1. The van der Waals surface area contributed by atoms with E-state index in [1.807, 2.05) is 0 Å². The maximum atomic E-state index is 13.8. The third kappa shape index (κ3) is 2.95. The van der Waals surface area contributed by atoms with Crippen LogP contribution in [0.2, 0.25) is 0 Å². The third-order valence-corrected chi connectivity index (χ3v) is 5.44. The zero-order valence-corrected chi connectivity index (χ0v) is 16.6. The molecule has 1 amide bonds. The van der Waals surface area contributed by atoms with Gasteiger partial charge in [0.05, 0.1) is 24.3 Å². The van der Waals surface area contributed by atoms with Gasteiger partial charge in [-0.05, 0) is 18.6 Å². The Morgan fingerprint density at radius 1 is 1.06 bits per heavy atom. The quantitative estimate of drug-likeness (QED) is 0.459. The summed E-state index contributed by atoms with van der Waals surface area (Å²) in [7, 11) is 3.42. The molecule has 0 saturated heterocycles. The van der Waals surface area contributed by atoms with Crippen molar-refractivity contribution in [1.29, 1.82) is 0 Å². The van der Waals surface area contributed by atoms with Crippen LogP contribution >= 0.6 is 0 Å². The summed E-state index contributed by atoms with van der Waals surface area (Å²) in [5.41, 5.74) is 3.23. The first-order valence-electron chi connectivity index (χ1n) is 9.46. The summed E-state index contributed by atoms with van der Waals surface area (Å²) in [6.07, 6.45) is 3.31. The Morgan fingerprint density at radius 2 is 1.81 bits per heavy atom. The minimum atomic E-state index is -1.51. The molecule has 0 bridgehead atoms. The maximum Gasteiger partial charge on any atom is 0.275 e. The van der Waals surface area contributed by atoms with Crippen LogP contribution in [0.4, 0.5) is 13.2 Å². The monoisotopic (exact) mass is 427 g/mol. The summed E-state index contributed by atoms with van der Waals surface area (Å²) >= 11 is 0. The molecule has 4 heterocycles. The Morgan fingerprint density at radius 3 is 2.55 bits per heavy atom. The van der Waals surface area contributed by atoms with Crippen LogP contribution in [0.15, 0.2) is 24.8 Å². The highest BCUT2D eigenvalue weighted by Gasteiger charge is 2.30. The number of fused-ring (bicyclic) bond motifs is 2. The van der Waals surface area contributed by atoms with Gasteiger partial charge in [0, 0.05) is 31.8 Å². The topological polar surface area (TPSA) is 81.7 Å². The van der Waals surface area contributed by atoms with Crippen molar-refractivity contribution < 1.29 is 18.0 Å². The standard InChI is InChI=1S/C20H16F3N7O/c1-28-9-26-16-17(24-8-25-19(16)28)20(31)30-4-3-11-14(7-30)27-29(2)18(11)10-5-12(21)15(23)13(22)6-10/h5-6,8-9H,3-4,7H2,1-2H3. The van der Waals surface area contributed by atoms with Crippen molar-refractivity contribution in [1.82, 2.24) is 34.2 Å². The first-order chi connectivity index (χ1) is 14.8. The van der Waals surface area contributed by atoms with Crippen LogP contribution in [-0.4, -0.2) is 46.7 Å². The molecule has 31 heavy (non-hydrogen) atoms. The van der Waals surface area contributed by atoms with Gasteiger partial charge < -0.3 is 9.47 Å². The molecule has 8 nitrogen and oxygen atoms in total. The van der Waals surface area contributed by atoms with E-state index < -0.39 is 17.5 Å². The average molecular weight is 427 g/mol. The molecule has 0 aliphatic carbocycles. The molecule has 0 N–H and O–H groups in total. The fourth-order valence-corrected chi connectivity index (χ4v) is 4.00. The molecule has 1 aliphatic rings. The number of aryl methyl sites for hydroxylation is 2. The number of carbonyl (C=O) groups excluding carboxylic acids is 1. The summed E-state index contributed by atoms with van der Waals surface area (Å²) in [4.78, 5) is 27.2. The first kappa shape index (κ1) is 19.2. The van der Waals surface area contributed by atoms with Gasteiger partial charge >= 0.3 is 0 Å². The van der Waals surface area contributed by atoms with Gasteiger partial charge in [0.1, 0.15) is 11.8 Å². The number of hydrogen-bond donors (Lipinski definition) is 0. The second-order valence-electron chi connectivity index (χ2n) is 7.38. The lowest BCUT2D eigenvalue weighted by Gasteiger charge is -2.26. The smallest absolute Gasteiger partial charge is 0.275 e. The molecule has 5 rings (SSSR count). The van der Waals surface area contributed by atoms with E-state index in [-0.39, 0.29) is 23.7 Å². The van der Waals surface area contributed by atoms with E-state index in [1.54, 1.807) is 29.9 Å². The molecule has 11 heteroatoms. The van der Waals surface area contributed by atoms with Crippen LogP contribution in [0.5, 0.6) is 0 Å². The fourth-order valence-electron chi connectivity index (χ4n) is 4.00. The number of imidazole rings is 1. The lowest BCUT2D eigenvalue weighted by atomic mass is 9.99. The lowest BCUT2D eigenvalue weighted by Crippen LogP contribution is -2.36. The number of nitrogens with zero attached hydrogens (tertiary/aromatic N) is 7. The van der Waals surface area contributed by atoms with E-state index in [0.29, 0.717) is 35.5 Å². The Labute approximate surface area is 174 Å². The van der Waals surface area contributed by atoms with Gasteiger partial charge in [-0.3, -0.25) is 9.48 Å². The Kier molecular flexibility index (Phi) is 4.27. The van der Waals surface area contributed by atoms with Crippen molar-refractivity contribution in [2.75, 3.05) is 6.54 Å². The van der Waals surface area contributed by atoms with Gasteiger partial charge in [-0.25, -0.2) is 28.1 Å². The highest BCUT2D eigenvalue weighted by Crippen LogP contribution is 2.32. The van der Waals surface area contributed by atoms with Crippen molar-refractivity contribution in [3.8, 4) is 11.3 Å². The summed E-state index contributed by atoms with van der Waals surface area (Å²) in [6.45, 7) is 0.557. The van der Waals surface area contributed by atoms with Gasteiger partial charge in [0.15, 0.2) is 28.8 Å². The van der Waals surface area contributed by atoms with E-state index in [1.165, 1.54) is 11.0 Å². The molecule has 0 radical (unpaired) electrons. The predicted octanol–water partition coefficient (Wildman–Crippen LogP) is 2.38. The van der Waals surface area contributed by atoms with Crippen molar-refractivity contribution in [2.24, 2.45) is 14.1 Å². The number of amides is 1. The molecular formula is C20H16F3N7O. The molecule has 1 aliphatic heterocycles. The summed E-state index contributed by atoms with van der Waals surface area (Å²) in [6, 6.07) is 1.90. The van der Waals surface area contributed by atoms with Crippen molar-refractivity contribution >= 4 is 17.1 Å². The second kappa shape index (κ2) is 6.89. The van der Waals surface area contributed by atoms with Crippen LogP contribution in [-0.2, 0) is 27.1 Å². The summed E-state index contributed by atoms with van der Waals surface area (Å²) in [5, 5.41) is 4.43. The fraction of sp³-hybridized carbons (Fsp3) is 0.250. The SMILES string of the molecule is Cn1nc2c(c1-c1cc(F)c(F)c(F)c1)CCN(C(=O)c1ncnc3c1ncn3C)C2. The van der Waals surface area contributed by atoms with E-state index >= 15 is 0 Å². The minimum Gasteiger partial charge on any atom is -0.331 e. The molecule has 158 valence electrons. The summed E-state index contributed by atoms with van der Waals surface area (Å²) in [5.74, 6) is -4.34. The number of halogens is 3. The molecule has 0 fully saturated rings. The Hall–Kier alpha value is -3.76. The zero-order chi connectivity index (χ0) is 21.9. The number of carbonyl (C=O) groups is 1. The second-order valence-corrected chi connectivity index (χ2v) is 7.38. The van der Waals surface area contributed by atoms with Gasteiger partial charge in [-0.2, -0.15) is 5.10 Å². The highest BCUT2D eigenvalue weighted by molar-refractivity contribution is 6.02. The number of hydrogen-bond acceptors (Lipinski definition) is 5. The van der Waals surface area contributed by atoms with Gasteiger partial charge in [-0.1, -0.05) is 0 Å². The third-order valence-electron chi connectivity index (χ3n) is 5.44. The maximum absolute atomic E-state index is 13.8. The number of rotatable bonds is 2. The zero-order valence-electron chi connectivity index (χ0n) is 16.6. The van der Waals surface area contributed by atoms with Crippen molar-refractivity contribution in [3.05, 3.63) is 59.2 Å². The van der Waals surface area contributed by atoms with E-state index in [0.717, 1.165) is 17.7 Å². The molecule has 0 spiro atoms. The molecule has 3 aromatic heterocycles. The minimum absolute atomic E-state index is 0.193. The van der Waals surface area contributed by atoms with E-state index in [9.17, 15) is 18.0 Å². The largest absolute Gasteiger partial charge is 0.331 e. The molecule has 4 aromatic rings. The lowest BCUT2D eigenvalue weighted by molar-refractivity contribution is 0.0728. The van der Waals surface area contributed by atoms with Crippen LogP contribution in [0, 0.1) is 17.5 Å². The molecule has 0 unspecified atom stereocenters.